The summed E-state index contributed by atoms with van der Waals surface area (Å²) in [4.78, 5) is 11.5. The Hall–Kier alpha value is -2.25. The van der Waals surface area contributed by atoms with Crippen LogP contribution in [-0.4, -0.2) is 64.4 Å². The zero-order valence-electron chi connectivity index (χ0n) is 10.7. The third-order valence-corrected chi connectivity index (χ3v) is 3.49. The molecule has 0 radical (unpaired) electrons. The lowest BCUT2D eigenvalue weighted by Gasteiger charge is -2.26. The molecule has 0 spiro atoms. The monoisotopic (exact) mass is 292 g/mol. The highest BCUT2D eigenvalue weighted by molar-refractivity contribution is 5.75. The summed E-state index contributed by atoms with van der Waals surface area (Å²) in [7, 11) is 0. The van der Waals surface area contributed by atoms with Crippen molar-refractivity contribution in [2.45, 2.75) is 24.0 Å². The van der Waals surface area contributed by atoms with Crippen molar-refractivity contribution in [3.63, 3.8) is 0 Å². The Balaban J connectivity index is 2.14. The minimum Gasteiger partial charge on any atom is -0.492 e. The summed E-state index contributed by atoms with van der Waals surface area (Å²) in [6.45, 7) is -0.519. The highest BCUT2D eigenvalue weighted by Gasteiger charge is 2.55. The van der Waals surface area contributed by atoms with Gasteiger partial charge < -0.3 is 25.2 Å². The molecule has 1 fully saturated rings. The van der Waals surface area contributed by atoms with E-state index >= 15 is 0 Å². The first-order valence-electron chi connectivity index (χ1n) is 6.04. The quantitative estimate of drug-likeness (QED) is 0.474. The van der Waals surface area contributed by atoms with Crippen LogP contribution in [0, 0.1) is 12.3 Å². The number of ether oxygens (including phenoxy) is 1. The van der Waals surface area contributed by atoms with Gasteiger partial charge in [0.1, 0.15) is 18.5 Å². The van der Waals surface area contributed by atoms with Crippen LogP contribution in [0.5, 0.6) is 5.88 Å². The molecule has 4 N–H and O–H groups in total. The number of aliphatic hydroxyl groups excluding tert-OH is 2. The molecule has 1 aliphatic rings. The molecule has 1 aliphatic heterocycles. The van der Waals surface area contributed by atoms with E-state index in [2.05, 4.69) is 20.9 Å². The average Bonchev–Trinajstić information content (AvgIpc) is 3.01. The van der Waals surface area contributed by atoms with Gasteiger partial charge in [0.25, 0.3) is 0 Å². The molecule has 4 atom stereocenters. The summed E-state index contributed by atoms with van der Waals surface area (Å²) in [5.74, 6) is 1.75. The second-order valence-electron chi connectivity index (χ2n) is 4.65. The zero-order valence-corrected chi connectivity index (χ0v) is 10.7. The molecular weight excluding hydrogens is 280 g/mol. The van der Waals surface area contributed by atoms with Crippen molar-refractivity contribution in [3.8, 4) is 18.2 Å². The van der Waals surface area contributed by atoms with E-state index in [1.165, 1.54) is 10.9 Å². The number of fused-ring (bicyclic) bond motifs is 1. The van der Waals surface area contributed by atoms with Crippen LogP contribution in [0.4, 0.5) is 0 Å². The van der Waals surface area contributed by atoms with Gasteiger partial charge in [-0.25, -0.2) is 9.97 Å². The summed E-state index contributed by atoms with van der Waals surface area (Å²) in [5, 5.41) is 39.3. The summed E-state index contributed by atoms with van der Waals surface area (Å²) in [6.07, 6.45) is 3.92. The number of nitrogens with zero attached hydrogens (tertiary/aromatic N) is 4. The van der Waals surface area contributed by atoms with E-state index in [0.717, 1.165) is 6.33 Å². The Morgan fingerprint density at radius 3 is 2.86 bits per heavy atom. The molecule has 2 aromatic heterocycles. The number of aliphatic hydroxyl groups is 3. The van der Waals surface area contributed by atoms with E-state index in [4.69, 9.17) is 11.2 Å². The van der Waals surface area contributed by atoms with Gasteiger partial charge in [-0.05, 0) is 0 Å². The molecule has 21 heavy (non-hydrogen) atoms. The van der Waals surface area contributed by atoms with Gasteiger partial charge in [0.15, 0.2) is 23.0 Å². The van der Waals surface area contributed by atoms with Crippen molar-refractivity contribution in [2.24, 2.45) is 0 Å². The molecule has 0 bridgehead atoms. The lowest BCUT2D eigenvalue weighted by Crippen LogP contribution is -2.45. The Kier molecular flexibility index (Phi) is 3.03. The number of hydrogen-bond acceptors (Lipinski definition) is 8. The first-order chi connectivity index (χ1) is 10.0. The van der Waals surface area contributed by atoms with Gasteiger partial charge in [0.2, 0.25) is 5.88 Å². The number of imidazole rings is 1. The topological polar surface area (TPSA) is 134 Å². The van der Waals surface area contributed by atoms with E-state index in [1.807, 2.05) is 0 Å². The fourth-order valence-electron chi connectivity index (χ4n) is 2.36. The molecule has 0 aromatic carbocycles. The largest absolute Gasteiger partial charge is 0.492 e. The number of hydrogen-bond donors (Lipinski definition) is 4. The standard InChI is InChI=1S/C12H12N4O5/c1-2-12(20)8(18)6(3-17)21-11(12)16-5-15-7-9(16)13-4-14-10(7)19/h1,4-6,8,11,17-18,20H,3H2,(H,13,14,19)/t6-,8-,11-,12-/m1/s1. The van der Waals surface area contributed by atoms with Gasteiger partial charge in [0.05, 0.1) is 12.9 Å². The van der Waals surface area contributed by atoms with E-state index in [9.17, 15) is 20.4 Å². The van der Waals surface area contributed by atoms with Crippen molar-refractivity contribution < 1.29 is 25.2 Å². The number of rotatable bonds is 2. The summed E-state index contributed by atoms with van der Waals surface area (Å²) >= 11 is 0. The predicted octanol–water partition coefficient (Wildman–Crippen LogP) is -1.85. The molecule has 9 nitrogen and oxygen atoms in total. The summed E-state index contributed by atoms with van der Waals surface area (Å²) < 4.78 is 6.68. The first-order valence-corrected chi connectivity index (χ1v) is 6.04. The van der Waals surface area contributed by atoms with Gasteiger partial charge in [-0.2, -0.15) is 4.98 Å². The van der Waals surface area contributed by atoms with Crippen molar-refractivity contribution >= 4 is 11.2 Å². The highest BCUT2D eigenvalue weighted by atomic mass is 16.6. The van der Waals surface area contributed by atoms with E-state index < -0.39 is 30.6 Å². The normalized spacial score (nSPS) is 32.4. The second-order valence-corrected chi connectivity index (χ2v) is 4.65. The predicted molar refractivity (Wildman–Crippen MR) is 67.8 cm³/mol. The fourth-order valence-corrected chi connectivity index (χ4v) is 2.36. The highest BCUT2D eigenvalue weighted by Crippen LogP contribution is 2.39. The Morgan fingerprint density at radius 1 is 1.43 bits per heavy atom. The maximum Gasteiger partial charge on any atom is 0.242 e. The molecule has 110 valence electrons. The molecule has 0 saturated carbocycles. The molecule has 0 aliphatic carbocycles. The molecule has 1 saturated heterocycles. The smallest absolute Gasteiger partial charge is 0.242 e. The molecular formula is C12H12N4O5. The van der Waals surface area contributed by atoms with E-state index in [0.29, 0.717) is 0 Å². The zero-order chi connectivity index (χ0) is 15.2. The Bertz CT molecular complexity index is 726. The lowest BCUT2D eigenvalue weighted by molar-refractivity contribution is -0.0721. The maximum atomic E-state index is 10.5. The minimum absolute atomic E-state index is 0.0995. The lowest BCUT2D eigenvalue weighted by atomic mass is 9.95. The summed E-state index contributed by atoms with van der Waals surface area (Å²) in [5.41, 5.74) is -1.80. The molecule has 0 amide bonds. The SMILES string of the molecule is C#C[C@@]1(O)[C@H](O)[C@@H](CO)O[C@H]1n1cnc2c(O)ncnc21. The number of terminal acetylenes is 1. The van der Waals surface area contributed by atoms with E-state index in [1.54, 1.807) is 0 Å². The van der Waals surface area contributed by atoms with Gasteiger partial charge in [-0.15, -0.1) is 6.42 Å². The first kappa shape index (κ1) is 13.7. The van der Waals surface area contributed by atoms with Crippen LogP contribution in [0.2, 0.25) is 0 Å². The van der Waals surface area contributed by atoms with Crippen LogP contribution < -0.4 is 0 Å². The second kappa shape index (κ2) is 4.64. The maximum absolute atomic E-state index is 10.5. The molecule has 9 heteroatoms. The average molecular weight is 292 g/mol. The third kappa shape index (κ3) is 1.78. The number of aromatic hydroxyl groups is 1. The van der Waals surface area contributed by atoms with Crippen LogP contribution in [0.1, 0.15) is 6.23 Å². The van der Waals surface area contributed by atoms with Gasteiger partial charge in [-0.3, -0.25) is 4.57 Å². The minimum atomic E-state index is -2.07. The molecule has 3 rings (SSSR count). The number of aromatic nitrogens is 4. The van der Waals surface area contributed by atoms with Crippen LogP contribution >= 0.6 is 0 Å². The molecule has 2 aromatic rings. The van der Waals surface area contributed by atoms with Crippen molar-refractivity contribution in [2.75, 3.05) is 6.61 Å². The Morgan fingerprint density at radius 2 is 2.19 bits per heavy atom. The van der Waals surface area contributed by atoms with Crippen LogP contribution in [0.25, 0.3) is 11.2 Å². The van der Waals surface area contributed by atoms with Crippen LogP contribution in [0.15, 0.2) is 12.7 Å². The van der Waals surface area contributed by atoms with Crippen molar-refractivity contribution in [1.82, 2.24) is 19.5 Å². The van der Waals surface area contributed by atoms with Crippen molar-refractivity contribution in [3.05, 3.63) is 12.7 Å². The van der Waals surface area contributed by atoms with Gasteiger partial charge >= 0.3 is 0 Å². The summed E-state index contributed by atoms with van der Waals surface area (Å²) in [6, 6.07) is 0. The van der Waals surface area contributed by atoms with Crippen LogP contribution in [-0.2, 0) is 4.74 Å². The van der Waals surface area contributed by atoms with E-state index in [-0.39, 0.29) is 17.0 Å². The fraction of sp³-hybridized carbons (Fsp3) is 0.417. The third-order valence-electron chi connectivity index (χ3n) is 3.49. The van der Waals surface area contributed by atoms with Crippen LogP contribution in [0.3, 0.4) is 0 Å². The van der Waals surface area contributed by atoms with Crippen molar-refractivity contribution in [1.29, 1.82) is 0 Å². The Labute approximate surface area is 118 Å². The van der Waals surface area contributed by atoms with Gasteiger partial charge in [-0.1, -0.05) is 5.92 Å². The van der Waals surface area contributed by atoms with Gasteiger partial charge in [0, 0.05) is 0 Å². The molecule has 3 heterocycles. The molecule has 0 unspecified atom stereocenters.